The Morgan fingerprint density at radius 3 is 2.40 bits per heavy atom. The second kappa shape index (κ2) is 5.73. The van der Waals surface area contributed by atoms with Crippen molar-refractivity contribution in [3.8, 4) is 0 Å². The summed E-state index contributed by atoms with van der Waals surface area (Å²) < 4.78 is 0. The van der Waals surface area contributed by atoms with Gasteiger partial charge in [0.15, 0.2) is 0 Å². The van der Waals surface area contributed by atoms with Crippen molar-refractivity contribution in [2.45, 2.75) is 51.5 Å². The normalized spacial score (nSPS) is 19.5. The predicted octanol–water partition coefficient (Wildman–Crippen LogP) is 0.947. The van der Waals surface area contributed by atoms with Crippen molar-refractivity contribution < 1.29 is 9.59 Å². The molecular weight excluding hydrogens is 192 g/mol. The van der Waals surface area contributed by atoms with Crippen LogP contribution in [0.4, 0.5) is 0 Å². The number of nitrogens with two attached hydrogens (primary N) is 1. The van der Waals surface area contributed by atoms with E-state index < -0.39 is 11.9 Å². The molecule has 1 rings (SSSR count). The maximum atomic E-state index is 11.8. The third kappa shape index (κ3) is 3.53. The van der Waals surface area contributed by atoms with E-state index in [1.165, 1.54) is 6.42 Å². The van der Waals surface area contributed by atoms with Crippen LogP contribution in [0.15, 0.2) is 0 Å². The number of amides is 2. The topological polar surface area (TPSA) is 72.2 Å². The van der Waals surface area contributed by atoms with Gasteiger partial charge < -0.3 is 11.1 Å². The first kappa shape index (κ1) is 12.0. The first-order chi connectivity index (χ1) is 7.15. The molecule has 0 bridgehead atoms. The van der Waals surface area contributed by atoms with Crippen LogP contribution in [0.25, 0.3) is 0 Å². The molecule has 4 nitrogen and oxygen atoms in total. The molecule has 0 spiro atoms. The third-order valence-electron chi connectivity index (χ3n) is 3.04. The number of carbonyl (C=O) groups excluding carboxylic acids is 2. The number of nitrogens with one attached hydrogen (secondary N) is 1. The molecule has 86 valence electrons. The van der Waals surface area contributed by atoms with Crippen molar-refractivity contribution in [2.24, 2.45) is 11.7 Å². The highest BCUT2D eigenvalue weighted by Gasteiger charge is 2.24. The first-order valence-corrected chi connectivity index (χ1v) is 5.74. The van der Waals surface area contributed by atoms with E-state index in [0.29, 0.717) is 6.42 Å². The van der Waals surface area contributed by atoms with Gasteiger partial charge in [-0.2, -0.15) is 0 Å². The molecular formula is C11H20N2O2. The Labute approximate surface area is 90.6 Å². The molecule has 0 heterocycles. The maximum Gasteiger partial charge on any atom is 0.239 e. The monoisotopic (exact) mass is 212 g/mol. The summed E-state index contributed by atoms with van der Waals surface area (Å²) in [7, 11) is 0. The number of rotatable bonds is 4. The number of primary amides is 1. The Morgan fingerprint density at radius 2 is 1.93 bits per heavy atom. The lowest BCUT2D eigenvalue weighted by Gasteiger charge is -2.23. The Kier molecular flexibility index (Phi) is 4.59. The van der Waals surface area contributed by atoms with E-state index in [0.717, 1.165) is 25.7 Å². The van der Waals surface area contributed by atoms with E-state index in [1.54, 1.807) is 0 Å². The van der Waals surface area contributed by atoms with Crippen molar-refractivity contribution in [1.82, 2.24) is 5.32 Å². The largest absolute Gasteiger partial charge is 0.368 e. The van der Waals surface area contributed by atoms with E-state index in [1.807, 2.05) is 6.92 Å². The highest BCUT2D eigenvalue weighted by atomic mass is 16.2. The fourth-order valence-electron chi connectivity index (χ4n) is 2.03. The van der Waals surface area contributed by atoms with Gasteiger partial charge in [0.05, 0.1) is 0 Å². The second-order valence-corrected chi connectivity index (χ2v) is 4.21. The minimum absolute atomic E-state index is 0.000324. The third-order valence-corrected chi connectivity index (χ3v) is 3.04. The lowest BCUT2D eigenvalue weighted by atomic mass is 9.88. The second-order valence-electron chi connectivity index (χ2n) is 4.21. The molecule has 0 aromatic heterocycles. The Balaban J connectivity index is 2.42. The standard InChI is InChI=1S/C11H20N2O2/c1-2-9(10(12)14)13-11(15)8-6-4-3-5-7-8/h8-9H,2-7H2,1H3,(H2,12,14)(H,13,15)/t9-/m0/s1. The van der Waals surface area contributed by atoms with Gasteiger partial charge in [0.25, 0.3) is 0 Å². The van der Waals surface area contributed by atoms with E-state index in [9.17, 15) is 9.59 Å². The van der Waals surface area contributed by atoms with Crippen LogP contribution in [-0.2, 0) is 9.59 Å². The molecule has 1 fully saturated rings. The number of hydrogen-bond donors (Lipinski definition) is 2. The van der Waals surface area contributed by atoms with Crippen LogP contribution in [0.1, 0.15) is 45.4 Å². The quantitative estimate of drug-likeness (QED) is 0.728. The molecule has 1 aliphatic carbocycles. The minimum atomic E-state index is -0.501. The molecule has 0 unspecified atom stereocenters. The summed E-state index contributed by atoms with van der Waals surface area (Å²) in [4.78, 5) is 22.7. The van der Waals surface area contributed by atoms with Gasteiger partial charge in [-0.1, -0.05) is 26.2 Å². The van der Waals surface area contributed by atoms with Gasteiger partial charge in [-0.15, -0.1) is 0 Å². The summed E-state index contributed by atoms with van der Waals surface area (Å²) in [5.74, 6) is -0.353. The van der Waals surface area contributed by atoms with E-state index in [2.05, 4.69) is 5.32 Å². The summed E-state index contributed by atoms with van der Waals surface area (Å²) in [6, 6.07) is -0.501. The van der Waals surface area contributed by atoms with E-state index >= 15 is 0 Å². The van der Waals surface area contributed by atoms with Crippen LogP contribution < -0.4 is 11.1 Å². The average Bonchev–Trinajstić information content (AvgIpc) is 2.26. The van der Waals surface area contributed by atoms with Gasteiger partial charge >= 0.3 is 0 Å². The zero-order chi connectivity index (χ0) is 11.3. The van der Waals surface area contributed by atoms with Crippen LogP contribution in [0, 0.1) is 5.92 Å². The summed E-state index contributed by atoms with van der Waals surface area (Å²) in [5.41, 5.74) is 5.17. The molecule has 4 heteroatoms. The van der Waals surface area contributed by atoms with Gasteiger partial charge in [-0.05, 0) is 19.3 Å². The summed E-state index contributed by atoms with van der Waals surface area (Å²) in [5, 5.41) is 2.72. The molecule has 3 N–H and O–H groups in total. The van der Waals surface area contributed by atoms with Gasteiger partial charge in [0.1, 0.15) is 6.04 Å². The molecule has 1 saturated carbocycles. The van der Waals surface area contributed by atoms with Crippen molar-refractivity contribution in [1.29, 1.82) is 0 Å². The Hall–Kier alpha value is -1.06. The zero-order valence-corrected chi connectivity index (χ0v) is 9.29. The van der Waals surface area contributed by atoms with E-state index in [4.69, 9.17) is 5.73 Å². The molecule has 0 saturated heterocycles. The van der Waals surface area contributed by atoms with Gasteiger partial charge in [-0.3, -0.25) is 9.59 Å². The van der Waals surface area contributed by atoms with Crippen molar-refractivity contribution >= 4 is 11.8 Å². The molecule has 0 aromatic rings. The van der Waals surface area contributed by atoms with Crippen LogP contribution in [0.2, 0.25) is 0 Å². The van der Waals surface area contributed by atoms with Crippen LogP contribution in [-0.4, -0.2) is 17.9 Å². The smallest absolute Gasteiger partial charge is 0.239 e. The lowest BCUT2D eigenvalue weighted by Crippen LogP contribution is -2.46. The highest BCUT2D eigenvalue weighted by molar-refractivity contribution is 5.87. The Morgan fingerprint density at radius 1 is 1.33 bits per heavy atom. The molecule has 0 aliphatic heterocycles. The summed E-state index contributed by atoms with van der Waals surface area (Å²) >= 11 is 0. The summed E-state index contributed by atoms with van der Waals surface area (Å²) in [6.45, 7) is 1.84. The van der Waals surface area contributed by atoms with Crippen molar-refractivity contribution in [2.75, 3.05) is 0 Å². The molecule has 0 radical (unpaired) electrons. The number of carbonyl (C=O) groups is 2. The zero-order valence-electron chi connectivity index (χ0n) is 9.29. The SMILES string of the molecule is CC[C@H](NC(=O)C1CCCCC1)C(N)=O. The molecule has 15 heavy (non-hydrogen) atoms. The van der Waals surface area contributed by atoms with Crippen LogP contribution in [0.5, 0.6) is 0 Å². The van der Waals surface area contributed by atoms with Gasteiger partial charge in [0.2, 0.25) is 11.8 Å². The molecule has 0 aromatic carbocycles. The Bertz CT molecular complexity index is 235. The highest BCUT2D eigenvalue weighted by Crippen LogP contribution is 2.23. The maximum absolute atomic E-state index is 11.8. The average molecular weight is 212 g/mol. The van der Waals surface area contributed by atoms with Crippen LogP contribution in [0.3, 0.4) is 0 Å². The summed E-state index contributed by atoms with van der Waals surface area (Å²) in [6.07, 6.45) is 5.91. The minimum Gasteiger partial charge on any atom is -0.368 e. The first-order valence-electron chi connectivity index (χ1n) is 5.74. The molecule has 1 atom stereocenters. The van der Waals surface area contributed by atoms with Gasteiger partial charge in [-0.25, -0.2) is 0 Å². The van der Waals surface area contributed by atoms with Crippen LogP contribution >= 0.6 is 0 Å². The molecule has 1 aliphatic rings. The fraction of sp³-hybridized carbons (Fsp3) is 0.818. The van der Waals surface area contributed by atoms with Crippen molar-refractivity contribution in [3.63, 3.8) is 0 Å². The van der Waals surface area contributed by atoms with Crippen molar-refractivity contribution in [3.05, 3.63) is 0 Å². The predicted molar refractivity (Wildman–Crippen MR) is 58.0 cm³/mol. The van der Waals surface area contributed by atoms with Gasteiger partial charge in [0, 0.05) is 5.92 Å². The fourth-order valence-corrected chi connectivity index (χ4v) is 2.03. The molecule has 2 amide bonds. The number of hydrogen-bond acceptors (Lipinski definition) is 2. The van der Waals surface area contributed by atoms with E-state index in [-0.39, 0.29) is 11.8 Å². The lowest BCUT2D eigenvalue weighted by molar-refractivity contribution is -0.130.